The second-order valence-corrected chi connectivity index (χ2v) is 4.47. The molecule has 1 unspecified atom stereocenters. The fourth-order valence-electron chi connectivity index (χ4n) is 1.93. The molecular formula is C11H15NO5S. The molecule has 0 aromatic rings. The Morgan fingerprint density at radius 3 is 2.67 bits per heavy atom. The molecule has 0 spiro atoms. The first-order valence-corrected chi connectivity index (χ1v) is 5.88. The van der Waals surface area contributed by atoms with Crippen LogP contribution >= 0.6 is 12.6 Å². The number of carbonyl (C=O) groups is 3. The van der Waals surface area contributed by atoms with E-state index in [4.69, 9.17) is 9.84 Å². The van der Waals surface area contributed by atoms with Gasteiger partial charge in [0.05, 0.1) is 0 Å². The largest absolute Gasteiger partial charge is 0.480 e. The molecule has 0 saturated carbocycles. The van der Waals surface area contributed by atoms with Crippen molar-refractivity contribution in [2.24, 2.45) is 11.8 Å². The van der Waals surface area contributed by atoms with Crippen molar-refractivity contribution in [3.63, 3.8) is 0 Å². The number of thiol groups is 1. The smallest absolute Gasteiger partial charge is 0.320 e. The lowest BCUT2D eigenvalue weighted by atomic mass is 9.91. The molecule has 0 bridgehead atoms. The first-order valence-electron chi connectivity index (χ1n) is 5.44. The van der Waals surface area contributed by atoms with Crippen LogP contribution in [0.15, 0.2) is 12.7 Å². The Labute approximate surface area is 110 Å². The third-order valence-corrected chi connectivity index (χ3v) is 3.08. The summed E-state index contributed by atoms with van der Waals surface area (Å²) in [5, 5.41) is 11.0. The maximum Gasteiger partial charge on any atom is 0.320 e. The summed E-state index contributed by atoms with van der Waals surface area (Å²) in [5.41, 5.74) is 0. The van der Waals surface area contributed by atoms with E-state index in [2.05, 4.69) is 24.5 Å². The normalized spacial score (nSPS) is 24.3. The molecule has 1 saturated heterocycles. The minimum atomic E-state index is -1.04. The SMILES string of the molecule is C=CCOC(=O)[C@@H](C(=O)S)[C@H]1CNC(C(=O)O)C1. The van der Waals surface area contributed by atoms with Crippen LogP contribution in [0.25, 0.3) is 0 Å². The molecule has 0 aromatic carbocycles. The topological polar surface area (TPSA) is 92.7 Å². The lowest BCUT2D eigenvalue weighted by Crippen LogP contribution is -2.32. The summed E-state index contributed by atoms with van der Waals surface area (Å²) in [6.07, 6.45) is 1.60. The number of ether oxygens (including phenoxy) is 1. The molecule has 100 valence electrons. The number of hydrogen-bond donors (Lipinski definition) is 3. The molecule has 1 aliphatic heterocycles. The summed E-state index contributed by atoms with van der Waals surface area (Å²) < 4.78 is 4.82. The van der Waals surface area contributed by atoms with Crippen LogP contribution in [0.1, 0.15) is 6.42 Å². The second-order valence-electron chi connectivity index (χ2n) is 4.03. The zero-order chi connectivity index (χ0) is 13.7. The van der Waals surface area contributed by atoms with E-state index in [1.54, 1.807) is 0 Å². The molecule has 0 radical (unpaired) electrons. The molecule has 7 heteroatoms. The van der Waals surface area contributed by atoms with Crippen molar-refractivity contribution >= 4 is 29.7 Å². The van der Waals surface area contributed by atoms with E-state index >= 15 is 0 Å². The fourth-order valence-corrected chi connectivity index (χ4v) is 2.25. The first-order chi connectivity index (χ1) is 8.47. The van der Waals surface area contributed by atoms with Crippen molar-refractivity contribution < 1.29 is 24.2 Å². The van der Waals surface area contributed by atoms with Crippen LogP contribution in [0, 0.1) is 11.8 Å². The highest BCUT2D eigenvalue weighted by atomic mass is 32.1. The Kier molecular flexibility index (Phi) is 5.36. The van der Waals surface area contributed by atoms with E-state index < -0.39 is 34.9 Å². The van der Waals surface area contributed by atoms with Gasteiger partial charge in [-0.3, -0.25) is 14.4 Å². The van der Waals surface area contributed by atoms with Crippen LogP contribution < -0.4 is 5.32 Å². The second kappa shape index (κ2) is 6.55. The third kappa shape index (κ3) is 3.58. The number of carbonyl (C=O) groups excluding carboxylic acids is 2. The summed E-state index contributed by atoms with van der Waals surface area (Å²) in [6, 6.07) is -0.739. The highest BCUT2D eigenvalue weighted by molar-refractivity contribution is 7.96. The number of rotatable bonds is 6. The summed E-state index contributed by atoms with van der Waals surface area (Å²) in [6.45, 7) is 3.69. The molecule has 18 heavy (non-hydrogen) atoms. The lowest BCUT2D eigenvalue weighted by molar-refractivity contribution is -0.151. The monoisotopic (exact) mass is 273 g/mol. The molecular weight excluding hydrogens is 258 g/mol. The zero-order valence-corrected chi connectivity index (χ0v) is 10.6. The molecule has 0 amide bonds. The predicted octanol–water partition coefficient (Wildman–Crippen LogP) is -0.149. The first kappa shape index (κ1) is 14.7. The van der Waals surface area contributed by atoms with E-state index in [0.29, 0.717) is 0 Å². The van der Waals surface area contributed by atoms with E-state index in [1.165, 1.54) is 6.08 Å². The maximum atomic E-state index is 11.7. The van der Waals surface area contributed by atoms with Gasteiger partial charge in [0.1, 0.15) is 18.6 Å². The summed E-state index contributed by atoms with van der Waals surface area (Å²) in [7, 11) is 0. The van der Waals surface area contributed by atoms with Gasteiger partial charge in [-0.25, -0.2) is 0 Å². The molecule has 2 N–H and O–H groups in total. The molecule has 0 aliphatic carbocycles. The van der Waals surface area contributed by atoms with Crippen molar-refractivity contribution in [2.45, 2.75) is 12.5 Å². The van der Waals surface area contributed by atoms with Crippen LogP contribution in [0.2, 0.25) is 0 Å². The number of carboxylic acids is 1. The molecule has 1 rings (SSSR count). The van der Waals surface area contributed by atoms with E-state index in [-0.39, 0.29) is 19.6 Å². The minimum absolute atomic E-state index is 0.0128. The van der Waals surface area contributed by atoms with Crippen molar-refractivity contribution in [1.82, 2.24) is 5.32 Å². The van der Waals surface area contributed by atoms with E-state index in [0.717, 1.165) is 0 Å². The number of hydrogen-bond acceptors (Lipinski definition) is 5. The van der Waals surface area contributed by atoms with Gasteiger partial charge in [-0.2, -0.15) is 0 Å². The van der Waals surface area contributed by atoms with Crippen molar-refractivity contribution in [1.29, 1.82) is 0 Å². The van der Waals surface area contributed by atoms with Crippen LogP contribution in [-0.2, 0) is 19.1 Å². The van der Waals surface area contributed by atoms with Crippen LogP contribution in [0.4, 0.5) is 0 Å². The van der Waals surface area contributed by atoms with Gasteiger partial charge in [0.15, 0.2) is 5.12 Å². The average Bonchev–Trinajstić information content (AvgIpc) is 2.75. The van der Waals surface area contributed by atoms with Crippen molar-refractivity contribution in [3.05, 3.63) is 12.7 Å². The van der Waals surface area contributed by atoms with Gasteiger partial charge in [-0.15, -0.1) is 12.6 Å². The van der Waals surface area contributed by atoms with Crippen molar-refractivity contribution in [2.75, 3.05) is 13.2 Å². The number of esters is 1. The Morgan fingerprint density at radius 2 is 2.22 bits per heavy atom. The molecule has 6 nitrogen and oxygen atoms in total. The highest BCUT2D eigenvalue weighted by Crippen LogP contribution is 2.26. The molecule has 0 aromatic heterocycles. The lowest BCUT2D eigenvalue weighted by Gasteiger charge is -2.17. The number of aliphatic carboxylic acids is 1. The van der Waals surface area contributed by atoms with Gasteiger partial charge in [0.2, 0.25) is 0 Å². The van der Waals surface area contributed by atoms with Gasteiger partial charge >= 0.3 is 11.9 Å². The highest BCUT2D eigenvalue weighted by Gasteiger charge is 2.40. The molecule has 1 heterocycles. The third-order valence-electron chi connectivity index (χ3n) is 2.80. The Morgan fingerprint density at radius 1 is 1.56 bits per heavy atom. The molecule has 1 aliphatic rings. The van der Waals surface area contributed by atoms with Crippen LogP contribution in [0.5, 0.6) is 0 Å². The zero-order valence-electron chi connectivity index (χ0n) is 9.67. The quantitative estimate of drug-likeness (QED) is 0.270. The maximum absolute atomic E-state index is 11.7. The Balaban J connectivity index is 2.69. The average molecular weight is 273 g/mol. The number of carboxylic acid groups (broad SMARTS) is 1. The van der Waals surface area contributed by atoms with Gasteiger partial charge in [0, 0.05) is 6.54 Å². The number of nitrogens with one attached hydrogen (secondary N) is 1. The predicted molar refractivity (Wildman–Crippen MR) is 66.2 cm³/mol. The standard InChI is InChI=1S/C11H15NO5S/c1-2-3-17-10(15)8(11(16)18)6-4-7(9(13)14)12-5-6/h2,6-8,12H,1,3-5H2,(H,13,14)(H,16,18)/t6-,7?,8+/m1/s1. The summed E-state index contributed by atoms with van der Waals surface area (Å²) in [4.78, 5) is 33.9. The van der Waals surface area contributed by atoms with Crippen LogP contribution in [-0.4, -0.2) is 41.4 Å². The van der Waals surface area contributed by atoms with Gasteiger partial charge in [-0.05, 0) is 12.3 Å². The van der Waals surface area contributed by atoms with Gasteiger partial charge in [-0.1, -0.05) is 12.7 Å². The fraction of sp³-hybridized carbons (Fsp3) is 0.545. The Bertz CT molecular complexity index is 370. The van der Waals surface area contributed by atoms with Crippen molar-refractivity contribution in [3.8, 4) is 0 Å². The molecule has 3 atom stereocenters. The van der Waals surface area contributed by atoms with Gasteiger partial charge in [0.25, 0.3) is 0 Å². The van der Waals surface area contributed by atoms with E-state index in [9.17, 15) is 14.4 Å². The van der Waals surface area contributed by atoms with E-state index in [1.807, 2.05) is 0 Å². The minimum Gasteiger partial charge on any atom is -0.480 e. The Hall–Kier alpha value is -1.34. The molecule has 1 fully saturated rings. The summed E-state index contributed by atoms with van der Waals surface area (Å²) >= 11 is 3.67. The van der Waals surface area contributed by atoms with Crippen LogP contribution in [0.3, 0.4) is 0 Å². The van der Waals surface area contributed by atoms with Gasteiger partial charge < -0.3 is 15.2 Å². The summed E-state index contributed by atoms with van der Waals surface area (Å²) in [5.74, 6) is -3.13.